The van der Waals surface area contributed by atoms with E-state index in [1.165, 1.54) is 0 Å². The van der Waals surface area contributed by atoms with E-state index < -0.39 is 17.2 Å². The van der Waals surface area contributed by atoms with Crippen LogP contribution in [0.15, 0.2) is 0 Å². The number of aldehydes is 1. The van der Waals surface area contributed by atoms with Gasteiger partial charge in [0.25, 0.3) is 0 Å². The smallest absolute Gasteiger partial charge is 0.417 e. The fraction of sp³-hybridized carbons (Fsp3) is 0.750. The summed E-state index contributed by atoms with van der Waals surface area (Å²) < 4.78 is 5.21. The summed E-state index contributed by atoms with van der Waals surface area (Å²) in [6.45, 7) is 5.26. The number of ether oxygens (including phenoxy) is 1. The molecular weight excluding hydrogens is 222 g/mol. The van der Waals surface area contributed by atoms with E-state index in [1.54, 1.807) is 20.8 Å². The van der Waals surface area contributed by atoms with Crippen LogP contribution in [0.3, 0.4) is 0 Å². The predicted octanol–water partition coefficient (Wildman–Crippen LogP) is 1.50. The largest absolute Gasteiger partial charge is 0.443 e. The van der Waals surface area contributed by atoms with E-state index in [-0.39, 0.29) is 18.2 Å². The Kier molecular flexibility index (Phi) is 2.52. The van der Waals surface area contributed by atoms with Crippen molar-refractivity contribution < 1.29 is 19.1 Å². The Morgan fingerprint density at radius 1 is 1.47 bits per heavy atom. The van der Waals surface area contributed by atoms with E-state index in [0.29, 0.717) is 12.8 Å². The quantitative estimate of drug-likeness (QED) is 0.650. The standard InChI is InChI=1S/C12H17NO4/c1-11(2,3)17-10(16)13-9(15)6-8(7-14)12(13)4-5-12/h7-8H,4-6H2,1-3H3. The highest BCUT2D eigenvalue weighted by molar-refractivity contribution is 5.98. The highest BCUT2D eigenvalue weighted by Crippen LogP contribution is 2.53. The molecule has 0 aromatic carbocycles. The van der Waals surface area contributed by atoms with Crippen LogP contribution in [0.1, 0.15) is 40.0 Å². The Morgan fingerprint density at radius 3 is 2.47 bits per heavy atom. The molecule has 2 aliphatic rings. The molecule has 0 aromatic rings. The minimum absolute atomic E-state index is 0.128. The molecule has 94 valence electrons. The molecule has 2 rings (SSSR count). The second kappa shape index (κ2) is 3.55. The maximum atomic E-state index is 12.0. The van der Waals surface area contributed by atoms with Crippen molar-refractivity contribution in [2.24, 2.45) is 5.92 Å². The topological polar surface area (TPSA) is 63.7 Å². The Labute approximate surface area is 100 Å². The van der Waals surface area contributed by atoms with E-state index in [4.69, 9.17) is 4.74 Å². The first-order chi connectivity index (χ1) is 7.80. The molecule has 0 bridgehead atoms. The maximum Gasteiger partial charge on any atom is 0.417 e. The summed E-state index contributed by atoms with van der Waals surface area (Å²) in [5.74, 6) is -0.656. The average molecular weight is 239 g/mol. The van der Waals surface area contributed by atoms with Crippen LogP contribution >= 0.6 is 0 Å². The third kappa shape index (κ3) is 1.94. The van der Waals surface area contributed by atoms with Gasteiger partial charge in [0.15, 0.2) is 0 Å². The Morgan fingerprint density at radius 2 is 2.06 bits per heavy atom. The lowest BCUT2D eigenvalue weighted by molar-refractivity contribution is -0.128. The van der Waals surface area contributed by atoms with Gasteiger partial charge in [0.05, 0.1) is 5.54 Å². The van der Waals surface area contributed by atoms with Gasteiger partial charge < -0.3 is 9.53 Å². The van der Waals surface area contributed by atoms with Crippen LogP contribution in [0, 0.1) is 5.92 Å². The molecule has 1 atom stereocenters. The maximum absolute atomic E-state index is 12.0. The van der Waals surface area contributed by atoms with Crippen LogP contribution < -0.4 is 0 Å². The molecule has 2 fully saturated rings. The van der Waals surface area contributed by atoms with Crippen molar-refractivity contribution in [3.8, 4) is 0 Å². The zero-order valence-electron chi connectivity index (χ0n) is 10.4. The molecule has 1 saturated carbocycles. The molecule has 1 aliphatic heterocycles. The van der Waals surface area contributed by atoms with Gasteiger partial charge in [-0.1, -0.05) is 0 Å². The zero-order chi connectivity index (χ0) is 12.8. The number of hydrogen-bond acceptors (Lipinski definition) is 4. The van der Waals surface area contributed by atoms with Crippen LogP contribution in [0.4, 0.5) is 4.79 Å². The third-order valence-electron chi connectivity index (χ3n) is 3.28. The molecule has 0 radical (unpaired) electrons. The summed E-state index contributed by atoms with van der Waals surface area (Å²) in [6, 6.07) is 0. The van der Waals surface area contributed by atoms with Crippen LogP contribution in [-0.4, -0.2) is 34.3 Å². The minimum Gasteiger partial charge on any atom is -0.443 e. The minimum atomic E-state index is -0.632. The van der Waals surface area contributed by atoms with Crippen molar-refractivity contribution in [3.05, 3.63) is 0 Å². The fourth-order valence-electron chi connectivity index (χ4n) is 2.37. The van der Waals surface area contributed by atoms with Gasteiger partial charge >= 0.3 is 6.09 Å². The molecule has 1 heterocycles. The van der Waals surface area contributed by atoms with Crippen molar-refractivity contribution in [3.63, 3.8) is 0 Å². The first-order valence-electron chi connectivity index (χ1n) is 5.81. The van der Waals surface area contributed by atoms with Gasteiger partial charge in [-0.25, -0.2) is 9.69 Å². The number of carbonyl (C=O) groups excluding carboxylic acids is 3. The molecule has 17 heavy (non-hydrogen) atoms. The van der Waals surface area contributed by atoms with E-state index in [2.05, 4.69) is 0 Å². The molecule has 1 spiro atoms. The number of hydrogen-bond donors (Lipinski definition) is 0. The number of nitrogens with zero attached hydrogens (tertiary/aromatic N) is 1. The Bertz CT molecular complexity index is 378. The number of imide groups is 1. The van der Waals surface area contributed by atoms with E-state index >= 15 is 0 Å². The second-order valence-corrected chi connectivity index (χ2v) is 5.76. The molecule has 1 unspecified atom stereocenters. The molecule has 5 heteroatoms. The van der Waals surface area contributed by atoms with Gasteiger partial charge in [-0.05, 0) is 33.6 Å². The van der Waals surface area contributed by atoms with Crippen LogP contribution in [0.5, 0.6) is 0 Å². The average Bonchev–Trinajstić information content (AvgIpc) is 2.85. The van der Waals surface area contributed by atoms with Crippen molar-refractivity contribution >= 4 is 18.3 Å². The van der Waals surface area contributed by atoms with Crippen molar-refractivity contribution in [2.75, 3.05) is 0 Å². The number of likely N-dealkylation sites (tertiary alicyclic amines) is 1. The third-order valence-corrected chi connectivity index (χ3v) is 3.28. The summed E-state index contributed by atoms with van der Waals surface area (Å²) >= 11 is 0. The summed E-state index contributed by atoms with van der Waals surface area (Å²) in [5.41, 5.74) is -1.20. The Hall–Kier alpha value is -1.39. The highest BCUT2D eigenvalue weighted by Gasteiger charge is 2.63. The molecule has 2 amide bonds. The van der Waals surface area contributed by atoms with Gasteiger partial charge in [-0.15, -0.1) is 0 Å². The zero-order valence-corrected chi connectivity index (χ0v) is 10.4. The number of carbonyl (C=O) groups is 3. The van der Waals surface area contributed by atoms with E-state index in [0.717, 1.165) is 11.2 Å². The lowest BCUT2D eigenvalue weighted by Gasteiger charge is -2.28. The first kappa shape index (κ1) is 12.1. The number of amides is 2. The van der Waals surface area contributed by atoms with Crippen LogP contribution in [0.25, 0.3) is 0 Å². The summed E-state index contributed by atoms with van der Waals surface area (Å²) in [5, 5.41) is 0. The first-order valence-corrected chi connectivity index (χ1v) is 5.81. The van der Waals surface area contributed by atoms with Gasteiger partial charge in [-0.2, -0.15) is 0 Å². The summed E-state index contributed by atoms with van der Waals surface area (Å²) in [6.07, 6.45) is 1.71. The SMILES string of the molecule is CC(C)(C)OC(=O)N1C(=O)CC(C=O)C12CC2. The molecule has 1 aliphatic carbocycles. The van der Waals surface area contributed by atoms with Crippen LogP contribution in [0.2, 0.25) is 0 Å². The summed E-state index contributed by atoms with van der Waals surface area (Å²) in [7, 11) is 0. The van der Waals surface area contributed by atoms with Crippen molar-refractivity contribution in [1.82, 2.24) is 4.90 Å². The molecule has 5 nitrogen and oxygen atoms in total. The van der Waals surface area contributed by atoms with Crippen molar-refractivity contribution in [2.45, 2.75) is 51.2 Å². The predicted molar refractivity (Wildman–Crippen MR) is 59.2 cm³/mol. The van der Waals surface area contributed by atoms with Gasteiger partial charge in [0.2, 0.25) is 5.91 Å². The Balaban J connectivity index is 2.18. The highest BCUT2D eigenvalue weighted by atomic mass is 16.6. The number of rotatable bonds is 1. The molecule has 0 aromatic heterocycles. The second-order valence-electron chi connectivity index (χ2n) is 5.76. The van der Waals surface area contributed by atoms with E-state index in [1.807, 2.05) is 0 Å². The van der Waals surface area contributed by atoms with E-state index in [9.17, 15) is 14.4 Å². The van der Waals surface area contributed by atoms with Crippen molar-refractivity contribution in [1.29, 1.82) is 0 Å². The van der Waals surface area contributed by atoms with Crippen LogP contribution in [-0.2, 0) is 14.3 Å². The fourth-order valence-corrected chi connectivity index (χ4v) is 2.37. The molecule has 1 saturated heterocycles. The summed E-state index contributed by atoms with van der Waals surface area (Å²) in [4.78, 5) is 35.8. The molecular formula is C12H17NO4. The normalized spacial score (nSPS) is 26.2. The monoisotopic (exact) mass is 239 g/mol. The lowest BCUT2D eigenvalue weighted by atomic mass is 10.0. The lowest BCUT2D eigenvalue weighted by Crippen LogP contribution is -2.45. The van der Waals surface area contributed by atoms with Gasteiger partial charge in [0.1, 0.15) is 11.9 Å². The van der Waals surface area contributed by atoms with Gasteiger partial charge in [0, 0.05) is 12.3 Å². The van der Waals surface area contributed by atoms with Gasteiger partial charge in [-0.3, -0.25) is 4.79 Å². The molecule has 0 N–H and O–H groups in total.